The van der Waals surface area contributed by atoms with Gasteiger partial charge in [-0.1, -0.05) is 30.3 Å². The summed E-state index contributed by atoms with van der Waals surface area (Å²) < 4.78 is 42.3. The van der Waals surface area contributed by atoms with Gasteiger partial charge in [-0.2, -0.15) is 18.6 Å². The van der Waals surface area contributed by atoms with Gasteiger partial charge in [-0.3, -0.25) is 0 Å². The first-order chi connectivity index (χ1) is 17.2. The Bertz CT molecular complexity index is 1420. The van der Waals surface area contributed by atoms with Gasteiger partial charge in [0.25, 0.3) is 0 Å². The Morgan fingerprint density at radius 2 is 1.67 bits per heavy atom. The Balaban J connectivity index is 1.47. The largest absolute Gasteiger partial charge is 0.449 e. The van der Waals surface area contributed by atoms with Gasteiger partial charge in [-0.15, -0.1) is 0 Å². The molecule has 5 rings (SSSR count). The monoisotopic (exact) mass is 491 g/mol. The summed E-state index contributed by atoms with van der Waals surface area (Å²) >= 11 is 0. The molecule has 0 atom stereocenters. The van der Waals surface area contributed by atoms with Crippen LogP contribution in [0.3, 0.4) is 0 Å². The first-order valence-corrected chi connectivity index (χ1v) is 11.2. The third-order valence-corrected chi connectivity index (χ3v) is 5.60. The second kappa shape index (κ2) is 8.99. The van der Waals surface area contributed by atoms with Crippen molar-refractivity contribution in [3.05, 3.63) is 78.5 Å². The zero-order valence-corrected chi connectivity index (χ0v) is 19.8. The Hall–Kier alpha value is -4.40. The van der Waals surface area contributed by atoms with Crippen LogP contribution in [0.15, 0.2) is 72.9 Å². The summed E-state index contributed by atoms with van der Waals surface area (Å²) in [5.74, 6) is 0.406. The molecule has 0 fully saturated rings. The van der Waals surface area contributed by atoms with Gasteiger partial charge in [-0.25, -0.2) is 4.79 Å². The lowest BCUT2D eigenvalue weighted by Gasteiger charge is -2.16. The maximum absolute atomic E-state index is 13.2. The molecule has 0 saturated carbocycles. The van der Waals surface area contributed by atoms with E-state index in [9.17, 15) is 13.6 Å². The van der Waals surface area contributed by atoms with E-state index in [2.05, 4.69) is 15.2 Å². The molecule has 0 radical (unpaired) electrons. The number of alkyl halides is 2. The van der Waals surface area contributed by atoms with Crippen LogP contribution in [0.5, 0.6) is 17.2 Å². The molecule has 0 saturated heterocycles. The normalized spacial score (nSPS) is 13.6. The van der Waals surface area contributed by atoms with E-state index in [1.807, 2.05) is 57.2 Å². The molecular weight excluding hydrogens is 468 g/mol. The van der Waals surface area contributed by atoms with Crippen LogP contribution in [0.2, 0.25) is 0 Å². The minimum absolute atomic E-state index is 0.0358. The molecule has 36 heavy (non-hydrogen) atoms. The lowest BCUT2D eigenvalue weighted by molar-refractivity contribution is -0.0499. The smallest absolute Gasteiger partial charge is 0.387 e. The number of hydrogen-bond donors (Lipinski definition) is 1. The summed E-state index contributed by atoms with van der Waals surface area (Å²) in [6.07, 6.45) is 1.63. The van der Waals surface area contributed by atoms with Crippen LogP contribution in [0.1, 0.15) is 19.4 Å². The molecule has 0 spiro atoms. The van der Waals surface area contributed by atoms with E-state index in [4.69, 9.17) is 9.47 Å². The second-order valence-electron chi connectivity index (χ2n) is 8.75. The molecule has 3 aromatic carbocycles. The van der Waals surface area contributed by atoms with E-state index in [-0.39, 0.29) is 5.75 Å². The molecule has 1 N–H and O–H groups in total. The third-order valence-electron chi connectivity index (χ3n) is 5.60. The molecule has 0 bridgehead atoms. The van der Waals surface area contributed by atoms with Gasteiger partial charge in [0.1, 0.15) is 11.4 Å². The second-order valence-corrected chi connectivity index (χ2v) is 8.75. The van der Waals surface area contributed by atoms with Crippen molar-refractivity contribution in [3.63, 3.8) is 0 Å². The van der Waals surface area contributed by atoms with Crippen LogP contribution in [-0.2, 0) is 0 Å². The van der Waals surface area contributed by atoms with Gasteiger partial charge < -0.3 is 19.5 Å². The van der Waals surface area contributed by atoms with Crippen LogP contribution in [0.4, 0.5) is 19.3 Å². The number of aromatic nitrogens is 2. The first-order valence-electron chi connectivity index (χ1n) is 11.2. The maximum atomic E-state index is 13.2. The zero-order chi connectivity index (χ0) is 25.4. The molecule has 184 valence electrons. The molecule has 1 amide bonds. The first kappa shape index (κ1) is 23.3. The molecule has 2 heterocycles. The minimum atomic E-state index is -2.91. The average molecular weight is 491 g/mol. The highest BCUT2D eigenvalue weighted by Gasteiger charge is 2.32. The van der Waals surface area contributed by atoms with E-state index < -0.39 is 18.4 Å². The van der Waals surface area contributed by atoms with E-state index in [0.29, 0.717) is 34.0 Å². The number of halogens is 2. The highest BCUT2D eigenvalue weighted by Crippen LogP contribution is 2.42. The predicted octanol–water partition coefficient (Wildman–Crippen LogP) is 6.71. The average Bonchev–Trinajstić information content (AvgIpc) is 3.40. The number of anilines is 1. The summed E-state index contributed by atoms with van der Waals surface area (Å²) in [5, 5.41) is 7.41. The van der Waals surface area contributed by atoms with E-state index in [0.717, 1.165) is 11.1 Å². The van der Waals surface area contributed by atoms with Gasteiger partial charge in [0.15, 0.2) is 11.5 Å². The summed E-state index contributed by atoms with van der Waals surface area (Å²) in [7, 11) is 0. The Kier molecular flexibility index (Phi) is 5.83. The van der Waals surface area contributed by atoms with Crippen LogP contribution >= 0.6 is 0 Å². The lowest BCUT2D eigenvalue weighted by atomic mass is 10.0. The van der Waals surface area contributed by atoms with Gasteiger partial charge >= 0.3 is 12.6 Å². The van der Waals surface area contributed by atoms with E-state index in [1.165, 1.54) is 16.8 Å². The van der Waals surface area contributed by atoms with E-state index in [1.54, 1.807) is 24.4 Å². The fourth-order valence-corrected chi connectivity index (χ4v) is 3.99. The number of benzene rings is 3. The van der Waals surface area contributed by atoms with Crippen LogP contribution < -0.4 is 19.5 Å². The number of nitrogens with zero attached hydrogens (tertiary/aromatic N) is 2. The fourth-order valence-electron chi connectivity index (χ4n) is 3.99. The van der Waals surface area contributed by atoms with Crippen molar-refractivity contribution < 1.29 is 27.8 Å². The lowest BCUT2D eigenvalue weighted by Crippen LogP contribution is -2.29. The number of aryl methyl sites for hydroxylation is 1. The van der Waals surface area contributed by atoms with Gasteiger partial charge in [0.2, 0.25) is 5.79 Å². The molecule has 0 unspecified atom stereocenters. The van der Waals surface area contributed by atoms with Crippen molar-refractivity contribution in [3.8, 4) is 39.6 Å². The standard InChI is InChI=1S/C27H23F2N3O4/c1-16-13-22-23(36-27(2,3)35-22)14-21(16)30-26(33)32-15-20(17-7-5-4-6-8-17)24(31-32)18-9-11-19(12-10-18)34-25(28)29/h4-15,25H,1-3H3,(H,30,33). The molecule has 7 nitrogen and oxygen atoms in total. The Labute approximate surface area is 206 Å². The summed E-state index contributed by atoms with van der Waals surface area (Å²) in [6, 6.07) is 18.6. The molecule has 4 aromatic rings. The Morgan fingerprint density at radius 1 is 1.00 bits per heavy atom. The molecule has 1 aromatic heterocycles. The van der Waals surface area contributed by atoms with Crippen molar-refractivity contribution in [2.75, 3.05) is 5.32 Å². The topological polar surface area (TPSA) is 74.6 Å². The number of fused-ring (bicyclic) bond motifs is 1. The van der Waals surface area contributed by atoms with Crippen molar-refractivity contribution in [2.24, 2.45) is 0 Å². The summed E-state index contributed by atoms with van der Waals surface area (Å²) in [6.45, 7) is 2.56. The number of carbonyl (C=O) groups excluding carboxylic acids is 1. The quantitative estimate of drug-likeness (QED) is 0.336. The van der Waals surface area contributed by atoms with E-state index >= 15 is 0 Å². The third kappa shape index (κ3) is 4.72. The molecule has 9 heteroatoms. The van der Waals surface area contributed by atoms with Crippen molar-refractivity contribution in [1.29, 1.82) is 0 Å². The molecule has 1 aliphatic heterocycles. The summed E-state index contributed by atoms with van der Waals surface area (Å²) in [4.78, 5) is 13.2. The van der Waals surface area contributed by atoms with Crippen molar-refractivity contribution >= 4 is 11.7 Å². The fraction of sp³-hybridized carbons (Fsp3) is 0.185. The number of hydrogen-bond acceptors (Lipinski definition) is 5. The SMILES string of the molecule is Cc1cc2c(cc1NC(=O)n1cc(-c3ccccc3)c(-c3ccc(OC(F)F)cc3)n1)OC(C)(C)O2. The molecule has 1 aliphatic rings. The van der Waals surface area contributed by atoms with Gasteiger partial charge in [-0.05, 0) is 48.4 Å². The number of carbonyl (C=O) groups is 1. The number of ether oxygens (including phenoxy) is 3. The minimum Gasteiger partial charge on any atom is -0.449 e. The highest BCUT2D eigenvalue weighted by molar-refractivity contribution is 5.93. The number of rotatable bonds is 5. The maximum Gasteiger partial charge on any atom is 0.387 e. The van der Waals surface area contributed by atoms with Crippen LogP contribution in [-0.4, -0.2) is 28.2 Å². The predicted molar refractivity (Wildman–Crippen MR) is 131 cm³/mol. The highest BCUT2D eigenvalue weighted by atomic mass is 19.3. The van der Waals surface area contributed by atoms with Crippen LogP contribution in [0.25, 0.3) is 22.4 Å². The van der Waals surface area contributed by atoms with Crippen molar-refractivity contribution in [2.45, 2.75) is 33.2 Å². The number of nitrogens with one attached hydrogen (secondary N) is 1. The number of amides is 1. The summed E-state index contributed by atoms with van der Waals surface area (Å²) in [5.41, 5.74) is 4.08. The van der Waals surface area contributed by atoms with Crippen LogP contribution in [0, 0.1) is 6.92 Å². The van der Waals surface area contributed by atoms with Gasteiger partial charge in [0, 0.05) is 42.9 Å². The Morgan fingerprint density at radius 3 is 2.33 bits per heavy atom. The van der Waals surface area contributed by atoms with Crippen molar-refractivity contribution in [1.82, 2.24) is 9.78 Å². The zero-order valence-electron chi connectivity index (χ0n) is 19.8. The molecule has 0 aliphatic carbocycles. The van der Waals surface area contributed by atoms with Gasteiger partial charge in [0.05, 0.1) is 0 Å². The molecular formula is C27H23F2N3O4.